The van der Waals surface area contributed by atoms with E-state index in [1.54, 1.807) is 11.3 Å². The molecule has 6 nitrogen and oxygen atoms in total. The van der Waals surface area contributed by atoms with Crippen LogP contribution in [0.3, 0.4) is 0 Å². The van der Waals surface area contributed by atoms with E-state index in [1.807, 2.05) is 36.6 Å². The highest BCUT2D eigenvalue weighted by molar-refractivity contribution is 7.09. The summed E-state index contributed by atoms with van der Waals surface area (Å²) in [7, 11) is 0. The van der Waals surface area contributed by atoms with E-state index < -0.39 is 17.6 Å². The van der Waals surface area contributed by atoms with Crippen molar-refractivity contribution in [3.05, 3.63) is 105 Å². The number of amides is 3. The first-order chi connectivity index (χ1) is 16.9. The molecule has 0 radical (unpaired) electrons. The summed E-state index contributed by atoms with van der Waals surface area (Å²) in [5.74, 6) is -1.83. The fourth-order valence-electron chi connectivity index (χ4n) is 3.97. The van der Waals surface area contributed by atoms with Gasteiger partial charge in [-0.05, 0) is 61.4 Å². The summed E-state index contributed by atoms with van der Waals surface area (Å²) >= 11 is 1.61. The van der Waals surface area contributed by atoms with E-state index in [4.69, 9.17) is 0 Å². The van der Waals surface area contributed by atoms with Crippen LogP contribution in [0.4, 0.5) is 10.1 Å². The van der Waals surface area contributed by atoms with Crippen LogP contribution in [0.2, 0.25) is 0 Å². The van der Waals surface area contributed by atoms with Crippen molar-refractivity contribution in [2.45, 2.75) is 13.3 Å². The Morgan fingerprint density at radius 2 is 1.69 bits per heavy atom. The van der Waals surface area contributed by atoms with E-state index >= 15 is 0 Å². The second-order valence-corrected chi connectivity index (χ2v) is 9.20. The van der Waals surface area contributed by atoms with Crippen molar-refractivity contribution in [2.75, 3.05) is 11.4 Å². The minimum Gasteiger partial charge on any atom is -0.352 e. The molecule has 4 aromatic rings. The lowest BCUT2D eigenvalue weighted by molar-refractivity contribution is 0.0923. The van der Waals surface area contributed by atoms with Crippen LogP contribution in [0.1, 0.15) is 41.6 Å². The summed E-state index contributed by atoms with van der Waals surface area (Å²) in [6.45, 7) is 2.39. The summed E-state index contributed by atoms with van der Waals surface area (Å²) in [4.78, 5) is 43.8. The van der Waals surface area contributed by atoms with Crippen molar-refractivity contribution in [1.29, 1.82) is 0 Å². The maximum atomic E-state index is 13.2. The van der Waals surface area contributed by atoms with E-state index in [1.165, 1.54) is 42.5 Å². The number of aromatic nitrogens is 1. The smallest absolute Gasteiger partial charge is 0.266 e. The maximum Gasteiger partial charge on any atom is 0.266 e. The van der Waals surface area contributed by atoms with E-state index in [0.717, 1.165) is 26.7 Å². The van der Waals surface area contributed by atoms with Gasteiger partial charge in [0.25, 0.3) is 17.7 Å². The molecular weight excluding hydrogens is 465 g/mol. The second-order valence-electron chi connectivity index (χ2n) is 8.14. The maximum absolute atomic E-state index is 13.2. The Labute approximate surface area is 205 Å². The third-order valence-corrected chi connectivity index (χ3v) is 6.58. The topological polar surface area (TPSA) is 79.4 Å². The van der Waals surface area contributed by atoms with E-state index in [9.17, 15) is 18.8 Å². The second kappa shape index (κ2) is 9.23. The van der Waals surface area contributed by atoms with Gasteiger partial charge in [-0.2, -0.15) is 0 Å². The number of nitrogens with one attached hydrogen (secondary N) is 1. The molecule has 35 heavy (non-hydrogen) atoms. The quantitative estimate of drug-likeness (QED) is 0.389. The number of halogens is 1. The molecule has 8 heteroatoms. The van der Waals surface area contributed by atoms with Gasteiger partial charge in [-0.25, -0.2) is 14.3 Å². The van der Waals surface area contributed by atoms with Gasteiger partial charge in [0.2, 0.25) is 0 Å². The van der Waals surface area contributed by atoms with Gasteiger partial charge in [-0.15, -0.1) is 11.3 Å². The van der Waals surface area contributed by atoms with Gasteiger partial charge >= 0.3 is 0 Å². The van der Waals surface area contributed by atoms with Crippen LogP contribution in [-0.4, -0.2) is 29.3 Å². The van der Waals surface area contributed by atoms with Gasteiger partial charge in [0.15, 0.2) is 0 Å². The van der Waals surface area contributed by atoms with Crippen LogP contribution in [0.25, 0.3) is 11.3 Å². The molecule has 0 saturated carbocycles. The van der Waals surface area contributed by atoms with Gasteiger partial charge in [0.05, 0.1) is 27.5 Å². The van der Waals surface area contributed by atoms with Crippen molar-refractivity contribution >= 4 is 34.7 Å². The van der Waals surface area contributed by atoms with E-state index in [0.29, 0.717) is 18.5 Å². The number of hydrogen-bond donors (Lipinski definition) is 1. The minimum atomic E-state index is -0.540. The number of hydrogen-bond acceptors (Lipinski definition) is 5. The Morgan fingerprint density at radius 1 is 0.971 bits per heavy atom. The number of rotatable bonds is 6. The number of nitrogens with zero attached hydrogens (tertiary/aromatic N) is 2. The number of fused-ring (bicyclic) bond motifs is 1. The van der Waals surface area contributed by atoms with Gasteiger partial charge in [0, 0.05) is 23.1 Å². The monoisotopic (exact) mass is 485 g/mol. The number of aryl methyl sites for hydroxylation is 1. The van der Waals surface area contributed by atoms with Gasteiger partial charge in [0.1, 0.15) is 5.82 Å². The average Bonchev–Trinajstić information content (AvgIpc) is 3.41. The first kappa shape index (κ1) is 22.6. The Balaban J connectivity index is 1.23. The van der Waals surface area contributed by atoms with Crippen molar-refractivity contribution in [2.24, 2.45) is 0 Å². The zero-order valence-corrected chi connectivity index (χ0v) is 19.6. The molecular formula is C27H20FN3O3S. The number of anilines is 1. The van der Waals surface area contributed by atoms with Crippen LogP contribution < -0.4 is 10.2 Å². The number of carbonyl (C=O) groups is 3. The summed E-state index contributed by atoms with van der Waals surface area (Å²) in [6.07, 6.45) is 0.642. The normalized spacial score (nSPS) is 12.7. The summed E-state index contributed by atoms with van der Waals surface area (Å²) in [5.41, 5.74) is 4.01. The Morgan fingerprint density at radius 3 is 2.37 bits per heavy atom. The minimum absolute atomic E-state index is 0.153. The lowest BCUT2D eigenvalue weighted by Crippen LogP contribution is -2.29. The van der Waals surface area contributed by atoms with Crippen LogP contribution >= 0.6 is 11.3 Å². The molecule has 5 rings (SSSR count). The van der Waals surface area contributed by atoms with Crippen LogP contribution in [0, 0.1) is 12.7 Å². The highest BCUT2D eigenvalue weighted by atomic mass is 32.1. The predicted molar refractivity (Wildman–Crippen MR) is 132 cm³/mol. The molecule has 1 aliphatic rings. The lowest BCUT2D eigenvalue weighted by atomic mass is 10.0. The van der Waals surface area contributed by atoms with Crippen LogP contribution in [-0.2, 0) is 6.42 Å². The van der Waals surface area contributed by atoms with Crippen molar-refractivity contribution in [1.82, 2.24) is 10.3 Å². The molecule has 0 fully saturated rings. The number of carbonyl (C=O) groups excluding carboxylic acids is 3. The molecule has 3 aromatic carbocycles. The molecule has 0 spiro atoms. The zero-order chi connectivity index (χ0) is 24.5. The largest absolute Gasteiger partial charge is 0.352 e. The molecule has 3 amide bonds. The van der Waals surface area contributed by atoms with E-state index in [-0.39, 0.29) is 22.7 Å². The Hall–Kier alpha value is -4.17. The molecule has 0 saturated heterocycles. The van der Waals surface area contributed by atoms with Gasteiger partial charge in [-0.3, -0.25) is 14.4 Å². The van der Waals surface area contributed by atoms with Gasteiger partial charge < -0.3 is 5.32 Å². The third kappa shape index (κ3) is 4.48. The Bertz CT molecular complexity index is 1450. The van der Waals surface area contributed by atoms with E-state index in [2.05, 4.69) is 10.3 Å². The number of benzene rings is 3. The first-order valence-corrected chi connectivity index (χ1v) is 11.9. The van der Waals surface area contributed by atoms with Crippen molar-refractivity contribution in [3.63, 3.8) is 0 Å². The number of imide groups is 1. The third-order valence-electron chi connectivity index (χ3n) is 5.80. The molecule has 1 aliphatic heterocycles. The van der Waals surface area contributed by atoms with Crippen molar-refractivity contribution < 1.29 is 18.8 Å². The Kier molecular flexibility index (Phi) is 5.96. The molecule has 0 unspecified atom stereocenters. The van der Waals surface area contributed by atoms with Crippen LogP contribution in [0.5, 0.6) is 0 Å². The van der Waals surface area contributed by atoms with Crippen LogP contribution in [0.15, 0.2) is 72.1 Å². The highest BCUT2D eigenvalue weighted by Crippen LogP contribution is 2.29. The zero-order valence-electron chi connectivity index (χ0n) is 18.7. The summed E-state index contributed by atoms with van der Waals surface area (Å²) in [5, 5.41) is 5.91. The molecule has 0 bridgehead atoms. The molecule has 2 heterocycles. The molecule has 174 valence electrons. The molecule has 0 aliphatic carbocycles. The molecule has 0 atom stereocenters. The van der Waals surface area contributed by atoms with Crippen molar-refractivity contribution in [3.8, 4) is 11.3 Å². The number of thiazole rings is 1. The summed E-state index contributed by atoms with van der Waals surface area (Å²) < 4.78 is 13.2. The fourth-order valence-corrected chi connectivity index (χ4v) is 4.59. The predicted octanol–water partition coefficient (Wildman–Crippen LogP) is 5.03. The fraction of sp³-hybridized carbons (Fsp3) is 0.111. The summed E-state index contributed by atoms with van der Waals surface area (Å²) in [6, 6.07) is 17.6. The molecule has 1 N–H and O–H groups in total. The lowest BCUT2D eigenvalue weighted by Gasteiger charge is -2.13. The van der Waals surface area contributed by atoms with Gasteiger partial charge in [-0.1, -0.05) is 24.3 Å². The average molecular weight is 486 g/mol. The standard InChI is InChI=1S/C27H20FN3O3S/c1-16-30-24(15-35-16)18-4-2-17(3-5-18)12-13-29-25(32)19-6-11-22-23(14-19)27(34)31(26(22)33)21-9-7-20(28)8-10-21/h2-11,14-15H,12-13H2,1H3,(H,29,32). The first-order valence-electron chi connectivity index (χ1n) is 11.0. The SMILES string of the molecule is Cc1nc(-c2ccc(CCNC(=O)c3ccc4c(c3)C(=O)N(c3ccc(F)cc3)C4=O)cc2)cs1. The highest BCUT2D eigenvalue weighted by Gasteiger charge is 2.37. The molecule has 1 aromatic heterocycles.